The van der Waals surface area contributed by atoms with Crippen LogP contribution in [-0.4, -0.2) is 36.0 Å². The Labute approximate surface area is 184 Å². The Kier molecular flexibility index (Phi) is 7.76. The van der Waals surface area contributed by atoms with Gasteiger partial charge in [0.05, 0.1) is 5.69 Å². The zero-order chi connectivity index (χ0) is 22.2. The minimum absolute atomic E-state index is 0.0460. The van der Waals surface area contributed by atoms with Crippen molar-refractivity contribution in [2.45, 2.75) is 46.0 Å². The number of amides is 1. The van der Waals surface area contributed by atoms with E-state index in [-0.39, 0.29) is 5.91 Å². The average molecular weight is 418 g/mol. The van der Waals surface area contributed by atoms with Crippen LogP contribution in [0.25, 0.3) is 17.2 Å². The molecule has 1 aliphatic heterocycles. The highest BCUT2D eigenvalue weighted by molar-refractivity contribution is 6.05. The quantitative estimate of drug-likeness (QED) is 0.589. The Morgan fingerprint density at radius 1 is 1.06 bits per heavy atom. The molecule has 0 atom stereocenters. The SMILES string of the molecule is CCCN(CCC)C(=O)C1=Cc2ccc(-c3ccc(CCC=O)cc3)cc2N=C(N)C1. The molecule has 0 unspecified atom stereocenters. The second-order valence-corrected chi connectivity index (χ2v) is 7.92. The summed E-state index contributed by atoms with van der Waals surface area (Å²) in [5, 5.41) is 0. The van der Waals surface area contributed by atoms with Gasteiger partial charge in [-0.1, -0.05) is 50.2 Å². The van der Waals surface area contributed by atoms with Gasteiger partial charge in [0.15, 0.2) is 0 Å². The van der Waals surface area contributed by atoms with Crippen molar-refractivity contribution in [1.82, 2.24) is 4.90 Å². The first-order valence-corrected chi connectivity index (χ1v) is 11.1. The van der Waals surface area contributed by atoms with Crippen molar-refractivity contribution in [3.05, 3.63) is 59.2 Å². The predicted molar refractivity (Wildman–Crippen MR) is 127 cm³/mol. The number of carbonyl (C=O) groups excluding carboxylic acids is 2. The number of hydrogen-bond acceptors (Lipinski definition) is 4. The van der Waals surface area contributed by atoms with Crippen molar-refractivity contribution in [3.63, 3.8) is 0 Å². The summed E-state index contributed by atoms with van der Waals surface area (Å²) < 4.78 is 0. The van der Waals surface area contributed by atoms with Gasteiger partial charge < -0.3 is 15.4 Å². The third-order valence-corrected chi connectivity index (χ3v) is 5.38. The molecule has 0 spiro atoms. The Bertz CT molecular complexity index is 984. The first kappa shape index (κ1) is 22.5. The Morgan fingerprint density at radius 2 is 1.74 bits per heavy atom. The number of rotatable bonds is 9. The van der Waals surface area contributed by atoms with Gasteiger partial charge in [0, 0.05) is 37.1 Å². The van der Waals surface area contributed by atoms with Crippen LogP contribution in [0.1, 0.15) is 50.7 Å². The molecule has 0 aromatic heterocycles. The molecule has 0 saturated heterocycles. The summed E-state index contributed by atoms with van der Waals surface area (Å²) in [4.78, 5) is 30.2. The van der Waals surface area contributed by atoms with Gasteiger partial charge in [-0.05, 0) is 48.1 Å². The number of hydrogen-bond donors (Lipinski definition) is 1. The molecule has 2 aromatic rings. The monoisotopic (exact) mass is 417 g/mol. The summed E-state index contributed by atoms with van der Waals surface area (Å²) >= 11 is 0. The van der Waals surface area contributed by atoms with Crippen LogP contribution >= 0.6 is 0 Å². The molecule has 0 aliphatic carbocycles. The van der Waals surface area contributed by atoms with Crippen LogP contribution in [0.4, 0.5) is 5.69 Å². The van der Waals surface area contributed by atoms with E-state index in [9.17, 15) is 9.59 Å². The van der Waals surface area contributed by atoms with Crippen LogP contribution in [0.15, 0.2) is 53.0 Å². The molecule has 2 aromatic carbocycles. The largest absolute Gasteiger partial charge is 0.387 e. The van der Waals surface area contributed by atoms with Crippen LogP contribution in [0.2, 0.25) is 0 Å². The lowest BCUT2D eigenvalue weighted by molar-refractivity contribution is -0.127. The standard InChI is InChI=1S/C26H31N3O2/c1-3-13-29(14-4-2)26(31)23-16-22-12-11-21(17-24(22)28-25(27)18-23)20-9-7-19(8-10-20)6-5-15-30/h7-12,15-17H,3-6,13-14,18H2,1-2H3,(H2,27,28). The number of amidine groups is 1. The highest BCUT2D eigenvalue weighted by atomic mass is 16.2. The number of nitrogens with two attached hydrogens (primary N) is 1. The molecule has 0 saturated carbocycles. The first-order chi connectivity index (χ1) is 15.0. The van der Waals surface area contributed by atoms with Crippen molar-refractivity contribution in [1.29, 1.82) is 0 Å². The van der Waals surface area contributed by atoms with Crippen molar-refractivity contribution < 1.29 is 9.59 Å². The number of benzene rings is 2. The summed E-state index contributed by atoms with van der Waals surface area (Å²) in [6.45, 7) is 5.66. The van der Waals surface area contributed by atoms with E-state index in [2.05, 4.69) is 43.1 Å². The van der Waals surface area contributed by atoms with Gasteiger partial charge in [0.2, 0.25) is 5.91 Å². The highest BCUT2D eigenvalue weighted by Crippen LogP contribution is 2.32. The fraction of sp³-hybridized carbons (Fsp3) is 0.346. The summed E-state index contributed by atoms with van der Waals surface area (Å²) in [6.07, 6.45) is 6.38. The topological polar surface area (TPSA) is 75.8 Å². The van der Waals surface area contributed by atoms with Crippen LogP contribution in [0.5, 0.6) is 0 Å². The fourth-order valence-corrected chi connectivity index (χ4v) is 3.85. The van der Waals surface area contributed by atoms with Crippen molar-refractivity contribution in [2.24, 2.45) is 10.7 Å². The number of aryl methyl sites for hydroxylation is 1. The second kappa shape index (κ2) is 10.7. The van der Waals surface area contributed by atoms with Gasteiger partial charge >= 0.3 is 0 Å². The van der Waals surface area contributed by atoms with E-state index < -0.39 is 0 Å². The molecule has 5 nitrogen and oxygen atoms in total. The van der Waals surface area contributed by atoms with E-state index >= 15 is 0 Å². The molecule has 3 rings (SSSR count). The third kappa shape index (κ3) is 5.69. The molecule has 162 valence electrons. The molecule has 1 aliphatic rings. The van der Waals surface area contributed by atoms with Gasteiger partial charge in [0.1, 0.15) is 12.1 Å². The van der Waals surface area contributed by atoms with E-state index in [0.717, 1.165) is 66.6 Å². The summed E-state index contributed by atoms with van der Waals surface area (Å²) in [6, 6.07) is 14.3. The normalized spacial score (nSPS) is 13.0. The third-order valence-electron chi connectivity index (χ3n) is 5.38. The maximum absolute atomic E-state index is 13.1. The van der Waals surface area contributed by atoms with E-state index in [1.54, 1.807) is 0 Å². The van der Waals surface area contributed by atoms with Crippen LogP contribution < -0.4 is 5.73 Å². The summed E-state index contributed by atoms with van der Waals surface area (Å²) in [7, 11) is 0. The van der Waals surface area contributed by atoms with Crippen LogP contribution in [-0.2, 0) is 16.0 Å². The lowest BCUT2D eigenvalue weighted by Gasteiger charge is -2.22. The number of nitrogens with zero attached hydrogens (tertiary/aromatic N) is 2. The zero-order valence-electron chi connectivity index (χ0n) is 18.4. The average Bonchev–Trinajstić information content (AvgIpc) is 2.94. The molecule has 1 heterocycles. The molecule has 0 fully saturated rings. The zero-order valence-corrected chi connectivity index (χ0v) is 18.4. The van der Waals surface area contributed by atoms with Crippen LogP contribution in [0, 0.1) is 0 Å². The van der Waals surface area contributed by atoms with Gasteiger partial charge in [0.25, 0.3) is 0 Å². The number of aliphatic imine (C=N–C) groups is 1. The van der Waals surface area contributed by atoms with Crippen molar-refractivity contribution >= 4 is 29.8 Å². The van der Waals surface area contributed by atoms with Crippen LogP contribution in [0.3, 0.4) is 0 Å². The van der Waals surface area contributed by atoms with E-state index in [1.807, 2.05) is 29.2 Å². The first-order valence-electron chi connectivity index (χ1n) is 11.1. The lowest BCUT2D eigenvalue weighted by atomic mass is 9.99. The van der Waals surface area contributed by atoms with Gasteiger partial charge in [-0.2, -0.15) is 0 Å². The molecule has 0 bridgehead atoms. The number of fused-ring (bicyclic) bond motifs is 1. The Hall–Kier alpha value is -3.21. The second-order valence-electron chi connectivity index (χ2n) is 7.92. The van der Waals surface area contributed by atoms with E-state index in [4.69, 9.17) is 5.73 Å². The number of carbonyl (C=O) groups is 2. The van der Waals surface area contributed by atoms with Gasteiger partial charge in [-0.25, -0.2) is 4.99 Å². The molecule has 5 heteroatoms. The molecular formula is C26H31N3O2. The summed E-state index contributed by atoms with van der Waals surface area (Å²) in [5.74, 6) is 0.498. The molecule has 2 N–H and O–H groups in total. The number of aldehydes is 1. The van der Waals surface area contributed by atoms with E-state index in [0.29, 0.717) is 24.3 Å². The summed E-state index contributed by atoms with van der Waals surface area (Å²) in [5.41, 5.74) is 11.8. The predicted octanol–water partition coefficient (Wildman–Crippen LogP) is 4.91. The molecule has 0 radical (unpaired) electrons. The molecule has 31 heavy (non-hydrogen) atoms. The molecule has 1 amide bonds. The molecular weight excluding hydrogens is 386 g/mol. The minimum Gasteiger partial charge on any atom is -0.387 e. The Balaban J connectivity index is 1.89. The maximum Gasteiger partial charge on any atom is 0.250 e. The van der Waals surface area contributed by atoms with Crippen molar-refractivity contribution in [2.75, 3.05) is 13.1 Å². The van der Waals surface area contributed by atoms with E-state index in [1.165, 1.54) is 0 Å². The van der Waals surface area contributed by atoms with Gasteiger partial charge in [-0.15, -0.1) is 0 Å². The maximum atomic E-state index is 13.1. The Morgan fingerprint density at radius 3 is 2.39 bits per heavy atom. The van der Waals surface area contributed by atoms with Gasteiger partial charge in [-0.3, -0.25) is 4.79 Å². The smallest absolute Gasteiger partial charge is 0.250 e. The fourth-order valence-electron chi connectivity index (χ4n) is 3.85. The van der Waals surface area contributed by atoms with Crippen molar-refractivity contribution in [3.8, 4) is 11.1 Å². The lowest BCUT2D eigenvalue weighted by Crippen LogP contribution is -2.34. The highest BCUT2D eigenvalue weighted by Gasteiger charge is 2.21. The minimum atomic E-state index is 0.0460.